The number of hydrogen-bond acceptors (Lipinski definition) is 2. The molecular formula is C10H10BF3O2. The van der Waals surface area contributed by atoms with Crippen LogP contribution < -0.4 is 9.47 Å². The maximum absolute atomic E-state index is 11.9. The minimum atomic E-state index is -4.36. The Morgan fingerprint density at radius 1 is 1.06 bits per heavy atom. The first-order chi connectivity index (χ1) is 7.53. The molecule has 0 aliphatic rings. The first-order valence-electron chi connectivity index (χ1n) is 4.64. The van der Waals surface area contributed by atoms with Crippen LogP contribution in [0, 0.1) is 0 Å². The lowest BCUT2D eigenvalue weighted by molar-refractivity contribution is -0.153. The number of hydrogen-bond donors (Lipinski definition) is 0. The van der Waals surface area contributed by atoms with Crippen LogP contribution in [0.2, 0.25) is 6.32 Å². The highest BCUT2D eigenvalue weighted by Crippen LogP contribution is 2.28. The van der Waals surface area contributed by atoms with E-state index in [2.05, 4.69) is 4.74 Å². The van der Waals surface area contributed by atoms with Gasteiger partial charge in [0.2, 0.25) is 0 Å². The molecule has 16 heavy (non-hydrogen) atoms. The average molecular weight is 230 g/mol. The zero-order chi connectivity index (χ0) is 12.0. The molecule has 0 saturated heterocycles. The number of benzene rings is 1. The van der Waals surface area contributed by atoms with Crippen molar-refractivity contribution in [1.29, 1.82) is 0 Å². The maximum Gasteiger partial charge on any atom is 0.422 e. The Morgan fingerprint density at radius 3 is 2.12 bits per heavy atom. The fraction of sp³-hybridized carbons (Fsp3) is 0.400. The van der Waals surface area contributed by atoms with Gasteiger partial charge in [0.15, 0.2) is 18.1 Å². The van der Waals surface area contributed by atoms with Crippen molar-refractivity contribution in [1.82, 2.24) is 0 Å². The largest absolute Gasteiger partial charge is 0.490 e. The van der Waals surface area contributed by atoms with Gasteiger partial charge in [-0.25, -0.2) is 0 Å². The van der Waals surface area contributed by atoms with E-state index >= 15 is 0 Å². The highest BCUT2D eigenvalue weighted by atomic mass is 19.4. The molecule has 1 aromatic carbocycles. The molecule has 0 aliphatic carbocycles. The zero-order valence-corrected chi connectivity index (χ0v) is 8.46. The van der Waals surface area contributed by atoms with Gasteiger partial charge in [0.1, 0.15) is 0 Å². The summed E-state index contributed by atoms with van der Waals surface area (Å²) < 4.78 is 45.6. The number of halogens is 3. The molecule has 86 valence electrons. The van der Waals surface area contributed by atoms with Gasteiger partial charge in [-0.1, -0.05) is 18.5 Å². The molecule has 0 aromatic heterocycles. The van der Waals surface area contributed by atoms with Crippen LogP contribution in [0.1, 0.15) is 0 Å². The zero-order valence-electron chi connectivity index (χ0n) is 8.46. The summed E-state index contributed by atoms with van der Waals surface area (Å²) in [6, 6.07) is 6.16. The summed E-state index contributed by atoms with van der Waals surface area (Å²) in [5, 5.41) is 0. The summed E-state index contributed by atoms with van der Waals surface area (Å²) in [6.07, 6.45) is -4.07. The van der Waals surface area contributed by atoms with E-state index in [-0.39, 0.29) is 24.4 Å². The third-order valence-electron chi connectivity index (χ3n) is 1.62. The van der Waals surface area contributed by atoms with E-state index in [4.69, 9.17) is 12.6 Å². The van der Waals surface area contributed by atoms with Crippen molar-refractivity contribution in [2.24, 2.45) is 0 Å². The van der Waals surface area contributed by atoms with Crippen LogP contribution >= 0.6 is 0 Å². The summed E-state index contributed by atoms with van der Waals surface area (Å²) in [7, 11) is 5.22. The molecule has 2 radical (unpaired) electrons. The van der Waals surface area contributed by atoms with Crippen LogP contribution in [0.25, 0.3) is 0 Å². The highest BCUT2D eigenvalue weighted by Gasteiger charge is 2.28. The van der Waals surface area contributed by atoms with Gasteiger partial charge in [0.25, 0.3) is 0 Å². The second kappa shape index (κ2) is 5.68. The topological polar surface area (TPSA) is 18.5 Å². The second-order valence-corrected chi connectivity index (χ2v) is 2.99. The molecule has 0 N–H and O–H groups in total. The summed E-state index contributed by atoms with van der Waals surface area (Å²) in [4.78, 5) is 0. The van der Waals surface area contributed by atoms with Gasteiger partial charge in [-0.05, 0) is 12.1 Å². The van der Waals surface area contributed by atoms with E-state index in [1.54, 1.807) is 12.1 Å². The Bertz CT molecular complexity index is 328. The van der Waals surface area contributed by atoms with Crippen LogP contribution in [0.15, 0.2) is 24.3 Å². The Morgan fingerprint density at radius 2 is 1.62 bits per heavy atom. The SMILES string of the molecule is [B]CCOc1ccccc1OCC(F)(F)F. The van der Waals surface area contributed by atoms with Gasteiger partial charge in [-0.3, -0.25) is 0 Å². The summed E-state index contributed by atoms with van der Waals surface area (Å²) in [5.41, 5.74) is 0. The van der Waals surface area contributed by atoms with Gasteiger partial charge >= 0.3 is 6.18 Å². The first-order valence-corrected chi connectivity index (χ1v) is 4.64. The molecule has 0 saturated carbocycles. The minimum Gasteiger partial charge on any atom is -0.490 e. The molecule has 0 spiro atoms. The summed E-state index contributed by atoms with van der Waals surface area (Å²) in [5.74, 6) is 0.325. The minimum absolute atomic E-state index is 0.0632. The highest BCUT2D eigenvalue weighted by molar-refractivity contribution is 6.08. The molecule has 0 heterocycles. The third-order valence-corrected chi connectivity index (χ3v) is 1.62. The van der Waals surface area contributed by atoms with Gasteiger partial charge in [0, 0.05) is 0 Å². The van der Waals surface area contributed by atoms with E-state index in [1.807, 2.05) is 0 Å². The fourth-order valence-electron chi connectivity index (χ4n) is 1.02. The van der Waals surface area contributed by atoms with E-state index in [0.29, 0.717) is 0 Å². The molecular weight excluding hydrogens is 220 g/mol. The van der Waals surface area contributed by atoms with Crippen LogP contribution in [-0.2, 0) is 0 Å². The van der Waals surface area contributed by atoms with Gasteiger partial charge in [-0.2, -0.15) is 13.2 Å². The maximum atomic E-state index is 11.9. The van der Waals surface area contributed by atoms with Gasteiger partial charge < -0.3 is 9.47 Å². The number of alkyl halides is 3. The monoisotopic (exact) mass is 230 g/mol. The Balaban J connectivity index is 2.63. The molecule has 2 nitrogen and oxygen atoms in total. The van der Waals surface area contributed by atoms with E-state index in [1.165, 1.54) is 12.1 Å². The van der Waals surface area contributed by atoms with Gasteiger partial charge in [-0.15, -0.1) is 0 Å². The molecule has 0 amide bonds. The Hall–Kier alpha value is -1.33. The molecule has 0 aliphatic heterocycles. The standard InChI is InChI=1S/C10H10BF3O2/c11-5-6-15-8-3-1-2-4-9(8)16-7-10(12,13)14/h1-4H,5-7H2. The van der Waals surface area contributed by atoms with Crippen molar-refractivity contribution in [2.75, 3.05) is 13.2 Å². The summed E-state index contributed by atoms with van der Waals surface area (Å²) >= 11 is 0. The lowest BCUT2D eigenvalue weighted by Crippen LogP contribution is -2.19. The third kappa shape index (κ3) is 4.46. The van der Waals surface area contributed by atoms with Crippen LogP contribution in [0.3, 0.4) is 0 Å². The number of para-hydroxylation sites is 2. The van der Waals surface area contributed by atoms with E-state index < -0.39 is 12.8 Å². The van der Waals surface area contributed by atoms with Crippen molar-refractivity contribution in [2.45, 2.75) is 12.5 Å². The molecule has 6 heteroatoms. The number of rotatable bonds is 5. The lowest BCUT2D eigenvalue weighted by atomic mass is 10.1. The molecule has 0 unspecified atom stereocenters. The number of ether oxygens (including phenoxy) is 2. The quantitative estimate of drug-likeness (QED) is 0.723. The fourth-order valence-corrected chi connectivity index (χ4v) is 1.02. The normalized spacial score (nSPS) is 11.2. The second-order valence-electron chi connectivity index (χ2n) is 2.99. The lowest BCUT2D eigenvalue weighted by Gasteiger charge is -2.13. The van der Waals surface area contributed by atoms with Gasteiger partial charge in [0.05, 0.1) is 14.5 Å². The van der Waals surface area contributed by atoms with Crippen LogP contribution in [-0.4, -0.2) is 27.2 Å². The predicted octanol–water partition coefficient (Wildman–Crippen LogP) is 2.59. The van der Waals surface area contributed by atoms with E-state index in [9.17, 15) is 13.2 Å². The first kappa shape index (κ1) is 12.7. The average Bonchev–Trinajstić information content (AvgIpc) is 2.23. The predicted molar refractivity (Wildman–Crippen MR) is 54.0 cm³/mol. The van der Waals surface area contributed by atoms with E-state index in [0.717, 1.165) is 0 Å². The smallest absolute Gasteiger partial charge is 0.422 e. The van der Waals surface area contributed by atoms with Crippen LogP contribution in [0.5, 0.6) is 11.5 Å². The molecule has 0 atom stereocenters. The van der Waals surface area contributed by atoms with Crippen molar-refractivity contribution in [3.05, 3.63) is 24.3 Å². The Kier molecular flexibility index (Phi) is 4.52. The van der Waals surface area contributed by atoms with Crippen molar-refractivity contribution in [3.63, 3.8) is 0 Å². The van der Waals surface area contributed by atoms with Crippen molar-refractivity contribution < 1.29 is 22.6 Å². The van der Waals surface area contributed by atoms with Crippen molar-refractivity contribution in [3.8, 4) is 11.5 Å². The van der Waals surface area contributed by atoms with Crippen LogP contribution in [0.4, 0.5) is 13.2 Å². The molecule has 1 aromatic rings. The van der Waals surface area contributed by atoms with Crippen molar-refractivity contribution >= 4 is 7.85 Å². The molecule has 1 rings (SSSR count). The molecule has 0 bridgehead atoms. The molecule has 0 fully saturated rings. The summed E-state index contributed by atoms with van der Waals surface area (Å²) in [6.45, 7) is -1.11. The Labute approximate surface area is 92.8 Å².